The number of hydrogen-bond donors (Lipinski definition) is 2. The van der Waals surface area contributed by atoms with Crippen LogP contribution >= 0.6 is 11.6 Å². The van der Waals surface area contributed by atoms with E-state index < -0.39 is 0 Å². The molecule has 0 aromatic carbocycles. The standard InChI is InChI=1S/C12H24ClN5/c1-5-10-12(13)11(18(6-2)16-10)7-9(15-14)8-17(3)4/h9,15H,5-8,14H2,1-4H3. The van der Waals surface area contributed by atoms with Crippen LogP contribution in [0.5, 0.6) is 0 Å². The highest BCUT2D eigenvalue weighted by atomic mass is 35.5. The lowest BCUT2D eigenvalue weighted by Gasteiger charge is -2.20. The van der Waals surface area contributed by atoms with Crippen molar-refractivity contribution < 1.29 is 0 Å². The van der Waals surface area contributed by atoms with Crippen LogP contribution in [0.3, 0.4) is 0 Å². The third-order valence-corrected chi connectivity index (χ3v) is 3.39. The van der Waals surface area contributed by atoms with Crippen LogP contribution in [0.2, 0.25) is 5.02 Å². The molecule has 104 valence electrons. The topological polar surface area (TPSA) is 59.1 Å². The molecule has 0 saturated heterocycles. The van der Waals surface area contributed by atoms with E-state index in [9.17, 15) is 0 Å². The zero-order valence-corrected chi connectivity index (χ0v) is 12.5. The third-order valence-electron chi connectivity index (χ3n) is 2.96. The largest absolute Gasteiger partial charge is 0.308 e. The Morgan fingerprint density at radius 3 is 2.56 bits per heavy atom. The number of nitrogens with zero attached hydrogens (tertiary/aromatic N) is 3. The van der Waals surface area contributed by atoms with Crippen LogP contribution in [0.25, 0.3) is 0 Å². The number of nitrogens with one attached hydrogen (secondary N) is 1. The molecule has 0 amide bonds. The van der Waals surface area contributed by atoms with Gasteiger partial charge in [-0.3, -0.25) is 16.0 Å². The van der Waals surface area contributed by atoms with Crippen LogP contribution in [-0.2, 0) is 19.4 Å². The third kappa shape index (κ3) is 3.68. The number of aryl methyl sites for hydroxylation is 2. The van der Waals surface area contributed by atoms with Gasteiger partial charge in [-0.15, -0.1) is 0 Å². The Balaban J connectivity index is 2.90. The fourth-order valence-electron chi connectivity index (χ4n) is 2.06. The minimum atomic E-state index is 0.171. The van der Waals surface area contributed by atoms with Gasteiger partial charge in [0, 0.05) is 25.6 Å². The van der Waals surface area contributed by atoms with Gasteiger partial charge in [0.1, 0.15) is 0 Å². The van der Waals surface area contributed by atoms with E-state index in [1.807, 2.05) is 18.8 Å². The van der Waals surface area contributed by atoms with Crippen molar-refractivity contribution in [2.75, 3.05) is 20.6 Å². The van der Waals surface area contributed by atoms with Gasteiger partial charge >= 0.3 is 0 Å². The number of hydrazine groups is 1. The predicted molar refractivity (Wildman–Crippen MR) is 75.7 cm³/mol. The molecule has 0 radical (unpaired) electrons. The first-order valence-corrected chi connectivity index (χ1v) is 6.76. The molecule has 5 nitrogen and oxygen atoms in total. The molecule has 1 aromatic heterocycles. The summed E-state index contributed by atoms with van der Waals surface area (Å²) in [5.41, 5.74) is 4.88. The molecular formula is C12H24ClN5. The highest BCUT2D eigenvalue weighted by molar-refractivity contribution is 6.31. The summed E-state index contributed by atoms with van der Waals surface area (Å²) < 4.78 is 1.97. The molecule has 0 aliphatic rings. The summed E-state index contributed by atoms with van der Waals surface area (Å²) in [5.74, 6) is 5.60. The van der Waals surface area contributed by atoms with Gasteiger partial charge in [-0.2, -0.15) is 5.10 Å². The Hall–Kier alpha value is -0.620. The summed E-state index contributed by atoms with van der Waals surface area (Å²) >= 11 is 6.38. The Bertz CT molecular complexity index is 375. The first-order chi connectivity index (χ1) is 8.53. The zero-order chi connectivity index (χ0) is 13.7. The van der Waals surface area contributed by atoms with Gasteiger partial charge in [0.2, 0.25) is 0 Å². The molecule has 0 saturated carbocycles. The molecule has 0 aliphatic heterocycles. The first kappa shape index (κ1) is 15.4. The molecule has 1 aromatic rings. The molecule has 0 bridgehead atoms. The van der Waals surface area contributed by atoms with Gasteiger partial charge in [0.25, 0.3) is 0 Å². The van der Waals surface area contributed by atoms with Gasteiger partial charge in [-0.05, 0) is 27.4 Å². The highest BCUT2D eigenvalue weighted by Crippen LogP contribution is 2.22. The average molecular weight is 274 g/mol. The van der Waals surface area contributed by atoms with Crippen LogP contribution < -0.4 is 11.3 Å². The summed E-state index contributed by atoms with van der Waals surface area (Å²) in [7, 11) is 4.06. The first-order valence-electron chi connectivity index (χ1n) is 6.38. The van der Waals surface area contributed by atoms with Crippen LogP contribution in [0.1, 0.15) is 25.2 Å². The summed E-state index contributed by atoms with van der Waals surface area (Å²) in [4.78, 5) is 2.10. The van der Waals surface area contributed by atoms with E-state index in [1.165, 1.54) is 0 Å². The Morgan fingerprint density at radius 1 is 1.44 bits per heavy atom. The lowest BCUT2D eigenvalue weighted by molar-refractivity contribution is 0.334. The zero-order valence-electron chi connectivity index (χ0n) is 11.7. The van der Waals surface area contributed by atoms with Gasteiger partial charge in [0.15, 0.2) is 0 Å². The maximum atomic E-state index is 6.38. The molecule has 1 atom stereocenters. The minimum Gasteiger partial charge on any atom is -0.308 e. The molecule has 1 rings (SSSR count). The van der Waals surface area contributed by atoms with E-state index in [1.54, 1.807) is 0 Å². The van der Waals surface area contributed by atoms with Crippen molar-refractivity contribution >= 4 is 11.6 Å². The van der Waals surface area contributed by atoms with Crippen molar-refractivity contribution in [1.82, 2.24) is 20.1 Å². The number of aromatic nitrogens is 2. The van der Waals surface area contributed by atoms with E-state index >= 15 is 0 Å². The smallest absolute Gasteiger partial charge is 0.0850 e. The minimum absolute atomic E-state index is 0.171. The van der Waals surface area contributed by atoms with Crippen molar-refractivity contribution in [2.45, 2.75) is 39.3 Å². The maximum absolute atomic E-state index is 6.38. The number of nitrogens with two attached hydrogens (primary N) is 1. The van der Waals surface area contributed by atoms with Crippen molar-refractivity contribution in [1.29, 1.82) is 0 Å². The summed E-state index contributed by atoms with van der Waals surface area (Å²) in [6, 6.07) is 0.171. The van der Waals surface area contributed by atoms with Crippen LogP contribution in [0, 0.1) is 0 Å². The SMILES string of the molecule is CCc1nn(CC)c(CC(CN(C)C)NN)c1Cl. The summed E-state index contributed by atoms with van der Waals surface area (Å²) in [5, 5.41) is 5.31. The molecule has 0 fully saturated rings. The van der Waals surface area contributed by atoms with Gasteiger partial charge in [-0.25, -0.2) is 0 Å². The molecule has 0 aliphatic carbocycles. The van der Waals surface area contributed by atoms with Crippen LogP contribution in [-0.4, -0.2) is 41.4 Å². The Labute approximate surface area is 114 Å². The molecule has 3 N–H and O–H groups in total. The van der Waals surface area contributed by atoms with Gasteiger partial charge in [-0.1, -0.05) is 18.5 Å². The van der Waals surface area contributed by atoms with E-state index in [0.717, 1.165) is 42.3 Å². The quantitative estimate of drug-likeness (QED) is 0.576. The number of rotatable bonds is 7. The second kappa shape index (κ2) is 7.09. The second-order valence-electron chi connectivity index (χ2n) is 4.71. The van der Waals surface area contributed by atoms with Gasteiger partial charge in [0.05, 0.1) is 16.4 Å². The molecule has 18 heavy (non-hydrogen) atoms. The maximum Gasteiger partial charge on any atom is 0.0850 e. The number of halogens is 1. The molecule has 6 heteroatoms. The fraction of sp³-hybridized carbons (Fsp3) is 0.750. The molecular weight excluding hydrogens is 250 g/mol. The lowest BCUT2D eigenvalue weighted by Crippen LogP contribution is -2.44. The van der Waals surface area contributed by atoms with Crippen molar-refractivity contribution in [3.8, 4) is 0 Å². The number of hydrogen-bond acceptors (Lipinski definition) is 4. The van der Waals surface area contributed by atoms with Gasteiger partial charge < -0.3 is 4.90 Å². The highest BCUT2D eigenvalue weighted by Gasteiger charge is 2.18. The molecule has 0 spiro atoms. The fourth-order valence-corrected chi connectivity index (χ4v) is 2.41. The average Bonchev–Trinajstić information content (AvgIpc) is 2.64. The summed E-state index contributed by atoms with van der Waals surface area (Å²) in [6.07, 6.45) is 1.64. The normalized spacial score (nSPS) is 13.3. The van der Waals surface area contributed by atoms with Crippen LogP contribution in [0.4, 0.5) is 0 Å². The summed E-state index contributed by atoms with van der Waals surface area (Å²) in [6.45, 7) is 5.83. The Morgan fingerprint density at radius 2 is 2.11 bits per heavy atom. The van der Waals surface area contributed by atoms with E-state index in [0.29, 0.717) is 0 Å². The molecule has 1 heterocycles. The molecule has 1 unspecified atom stereocenters. The van der Waals surface area contributed by atoms with Crippen molar-refractivity contribution in [2.24, 2.45) is 5.84 Å². The van der Waals surface area contributed by atoms with E-state index in [-0.39, 0.29) is 6.04 Å². The lowest BCUT2D eigenvalue weighted by atomic mass is 10.1. The van der Waals surface area contributed by atoms with Crippen molar-refractivity contribution in [3.05, 3.63) is 16.4 Å². The Kier molecular flexibility index (Phi) is 6.08. The predicted octanol–water partition coefficient (Wildman–Crippen LogP) is 1.05. The number of likely N-dealkylation sites (N-methyl/N-ethyl adjacent to an activating group) is 1. The second-order valence-corrected chi connectivity index (χ2v) is 5.08. The van der Waals surface area contributed by atoms with E-state index in [2.05, 4.69) is 29.3 Å². The van der Waals surface area contributed by atoms with Crippen molar-refractivity contribution in [3.63, 3.8) is 0 Å². The van der Waals surface area contributed by atoms with Crippen LogP contribution in [0.15, 0.2) is 0 Å². The van der Waals surface area contributed by atoms with E-state index in [4.69, 9.17) is 17.4 Å². The monoisotopic (exact) mass is 273 g/mol.